The van der Waals surface area contributed by atoms with E-state index < -0.39 is 4.92 Å². The van der Waals surface area contributed by atoms with Gasteiger partial charge in [-0.2, -0.15) is 0 Å². The zero-order valence-corrected chi connectivity index (χ0v) is 16.7. The van der Waals surface area contributed by atoms with Crippen LogP contribution in [0.15, 0.2) is 42.5 Å². The van der Waals surface area contributed by atoms with Gasteiger partial charge in [0.2, 0.25) is 0 Å². The van der Waals surface area contributed by atoms with Crippen molar-refractivity contribution < 1.29 is 14.5 Å². The third-order valence-electron chi connectivity index (χ3n) is 4.85. The van der Waals surface area contributed by atoms with Gasteiger partial charge in [0.1, 0.15) is 0 Å². The molecule has 0 saturated carbocycles. The van der Waals surface area contributed by atoms with Crippen molar-refractivity contribution in [1.82, 2.24) is 4.98 Å². The Bertz CT molecular complexity index is 1030. The van der Waals surface area contributed by atoms with Crippen molar-refractivity contribution in [3.05, 3.63) is 58.1 Å². The molecule has 29 heavy (non-hydrogen) atoms. The van der Waals surface area contributed by atoms with Gasteiger partial charge in [-0.15, -0.1) is 0 Å². The first-order valence-corrected chi connectivity index (χ1v) is 10.2. The van der Waals surface area contributed by atoms with Gasteiger partial charge in [-0.3, -0.25) is 19.8 Å². The average molecular weight is 412 g/mol. The van der Waals surface area contributed by atoms with E-state index >= 15 is 0 Å². The first kappa shape index (κ1) is 19.3. The number of carbonyl (C=O) groups excluding carboxylic acids is 1. The molecule has 0 spiro atoms. The predicted molar refractivity (Wildman–Crippen MR) is 113 cm³/mol. The molecule has 8 nitrogen and oxygen atoms in total. The molecular weight excluding hydrogens is 392 g/mol. The molecule has 1 aromatic heterocycles. The molecule has 150 valence electrons. The van der Waals surface area contributed by atoms with Crippen molar-refractivity contribution >= 4 is 44.0 Å². The average Bonchev–Trinajstić information content (AvgIpc) is 3.18. The maximum absolute atomic E-state index is 13.5. The molecule has 0 atom stereocenters. The van der Waals surface area contributed by atoms with E-state index in [1.165, 1.54) is 23.5 Å². The molecule has 4 rings (SSSR count). The lowest BCUT2D eigenvalue weighted by atomic mass is 10.1. The van der Waals surface area contributed by atoms with Crippen LogP contribution in [0.5, 0.6) is 0 Å². The Kier molecular flexibility index (Phi) is 5.41. The second-order valence-electron chi connectivity index (χ2n) is 6.57. The molecule has 1 saturated heterocycles. The van der Waals surface area contributed by atoms with Crippen molar-refractivity contribution in [3.8, 4) is 0 Å². The van der Waals surface area contributed by atoms with Crippen LogP contribution in [0.3, 0.4) is 0 Å². The van der Waals surface area contributed by atoms with Crippen LogP contribution in [-0.4, -0.2) is 48.7 Å². The summed E-state index contributed by atoms with van der Waals surface area (Å²) in [4.78, 5) is 32.5. The summed E-state index contributed by atoms with van der Waals surface area (Å²) in [5.41, 5.74) is 1.71. The summed E-state index contributed by atoms with van der Waals surface area (Å²) in [7, 11) is 0. The molecule has 2 heterocycles. The Morgan fingerprint density at radius 1 is 1.28 bits per heavy atom. The van der Waals surface area contributed by atoms with E-state index in [4.69, 9.17) is 4.74 Å². The summed E-state index contributed by atoms with van der Waals surface area (Å²) in [6, 6.07) is 12.2. The van der Waals surface area contributed by atoms with Crippen molar-refractivity contribution in [3.63, 3.8) is 0 Å². The number of amides is 1. The number of hydrogen-bond acceptors (Lipinski definition) is 7. The van der Waals surface area contributed by atoms with Crippen LogP contribution in [0.1, 0.15) is 17.3 Å². The Morgan fingerprint density at radius 2 is 2.03 bits per heavy atom. The Balaban J connectivity index is 1.76. The molecule has 0 aliphatic carbocycles. The number of benzene rings is 2. The van der Waals surface area contributed by atoms with Gasteiger partial charge >= 0.3 is 0 Å². The monoisotopic (exact) mass is 412 g/mol. The van der Waals surface area contributed by atoms with E-state index in [9.17, 15) is 14.9 Å². The third kappa shape index (κ3) is 3.79. The van der Waals surface area contributed by atoms with E-state index in [0.29, 0.717) is 49.2 Å². The van der Waals surface area contributed by atoms with Gasteiger partial charge in [-0.1, -0.05) is 23.5 Å². The number of rotatable bonds is 5. The van der Waals surface area contributed by atoms with Crippen molar-refractivity contribution in [1.29, 1.82) is 0 Å². The number of anilines is 2. The number of nitro groups is 1. The standard InChI is InChI=1S/C20H20N4O4S/c1-2-23(20-21-16-5-3-4-6-18(16)29-20)19(25)15-13-14(24(26)27)7-8-17(15)22-9-11-28-12-10-22/h3-8,13H,2,9-12H2,1H3. The van der Waals surface area contributed by atoms with Gasteiger partial charge in [0.15, 0.2) is 5.13 Å². The van der Waals surface area contributed by atoms with Crippen molar-refractivity contribution in [2.45, 2.75) is 6.92 Å². The number of non-ortho nitro benzene ring substituents is 1. The predicted octanol–water partition coefficient (Wildman–Crippen LogP) is 3.71. The molecule has 9 heteroatoms. The second-order valence-corrected chi connectivity index (χ2v) is 7.58. The van der Waals surface area contributed by atoms with Gasteiger partial charge in [-0.25, -0.2) is 4.98 Å². The number of hydrogen-bond donors (Lipinski definition) is 0. The summed E-state index contributed by atoms with van der Waals surface area (Å²) in [6.07, 6.45) is 0. The number of fused-ring (bicyclic) bond motifs is 1. The molecule has 3 aromatic rings. The van der Waals surface area contributed by atoms with Gasteiger partial charge in [0.05, 0.1) is 39.6 Å². The van der Waals surface area contributed by atoms with E-state index in [0.717, 1.165) is 10.2 Å². The summed E-state index contributed by atoms with van der Waals surface area (Å²) >= 11 is 1.43. The molecule has 1 aliphatic rings. The van der Waals surface area contributed by atoms with E-state index in [1.807, 2.05) is 36.1 Å². The number of ether oxygens (including phenoxy) is 1. The molecule has 1 aliphatic heterocycles. The van der Waals surface area contributed by atoms with Crippen LogP contribution in [0.25, 0.3) is 10.2 Å². The number of nitro benzene ring substituents is 1. The van der Waals surface area contributed by atoms with Crippen LogP contribution >= 0.6 is 11.3 Å². The van der Waals surface area contributed by atoms with E-state index in [-0.39, 0.29) is 11.6 Å². The number of carbonyl (C=O) groups is 1. The number of thiazole rings is 1. The van der Waals surface area contributed by atoms with E-state index in [1.54, 1.807) is 11.0 Å². The second kappa shape index (κ2) is 8.14. The Morgan fingerprint density at radius 3 is 2.72 bits per heavy atom. The summed E-state index contributed by atoms with van der Waals surface area (Å²) in [5.74, 6) is -0.295. The lowest BCUT2D eigenvalue weighted by molar-refractivity contribution is -0.384. The first-order valence-electron chi connectivity index (χ1n) is 9.37. The van der Waals surface area contributed by atoms with Crippen LogP contribution in [0.2, 0.25) is 0 Å². The zero-order valence-electron chi connectivity index (χ0n) is 15.9. The highest BCUT2D eigenvalue weighted by atomic mass is 32.1. The molecule has 1 fully saturated rings. The van der Waals surface area contributed by atoms with Gasteiger partial charge < -0.3 is 9.64 Å². The van der Waals surface area contributed by atoms with Crippen LogP contribution in [0, 0.1) is 10.1 Å². The maximum atomic E-state index is 13.5. The minimum atomic E-state index is -0.478. The Labute approximate surface area is 171 Å². The number of aromatic nitrogens is 1. The SMILES string of the molecule is CCN(C(=O)c1cc([N+](=O)[O-])ccc1N1CCOCC1)c1nc2ccccc2s1. The lowest BCUT2D eigenvalue weighted by Crippen LogP contribution is -2.38. The molecule has 1 amide bonds. The minimum Gasteiger partial charge on any atom is -0.378 e. The number of morpholine rings is 1. The minimum absolute atomic E-state index is 0.106. The van der Waals surface area contributed by atoms with Gasteiger partial charge in [0, 0.05) is 31.8 Å². The molecular formula is C20H20N4O4S. The molecule has 0 radical (unpaired) electrons. The zero-order chi connectivity index (χ0) is 20.4. The molecule has 0 bridgehead atoms. The fourth-order valence-corrected chi connectivity index (χ4v) is 4.40. The fourth-order valence-electron chi connectivity index (χ4n) is 3.38. The summed E-state index contributed by atoms with van der Waals surface area (Å²) in [6.45, 7) is 4.65. The fraction of sp³-hybridized carbons (Fsp3) is 0.300. The first-order chi connectivity index (χ1) is 14.1. The molecule has 0 N–H and O–H groups in total. The Hall–Kier alpha value is -3.04. The molecule has 2 aromatic carbocycles. The smallest absolute Gasteiger partial charge is 0.270 e. The maximum Gasteiger partial charge on any atom is 0.270 e. The van der Waals surface area contributed by atoms with Crippen LogP contribution < -0.4 is 9.80 Å². The van der Waals surface area contributed by atoms with E-state index in [2.05, 4.69) is 4.98 Å². The highest BCUT2D eigenvalue weighted by Gasteiger charge is 2.27. The lowest BCUT2D eigenvalue weighted by Gasteiger charge is -2.31. The third-order valence-corrected chi connectivity index (χ3v) is 5.91. The number of nitrogens with zero attached hydrogens (tertiary/aromatic N) is 4. The normalized spacial score (nSPS) is 14.2. The highest BCUT2D eigenvalue weighted by Crippen LogP contribution is 2.32. The van der Waals surface area contributed by atoms with Crippen molar-refractivity contribution in [2.24, 2.45) is 0 Å². The topological polar surface area (TPSA) is 88.8 Å². The van der Waals surface area contributed by atoms with Crippen molar-refractivity contribution in [2.75, 3.05) is 42.6 Å². The molecule has 0 unspecified atom stereocenters. The van der Waals surface area contributed by atoms with Gasteiger partial charge in [-0.05, 0) is 25.1 Å². The summed E-state index contributed by atoms with van der Waals surface area (Å²) in [5, 5.41) is 11.9. The van der Waals surface area contributed by atoms with Gasteiger partial charge in [0.25, 0.3) is 11.6 Å². The quantitative estimate of drug-likeness (QED) is 0.469. The number of para-hydroxylation sites is 1. The summed E-state index contributed by atoms with van der Waals surface area (Å²) < 4.78 is 6.39. The van der Waals surface area contributed by atoms with Crippen LogP contribution in [0.4, 0.5) is 16.5 Å². The highest BCUT2D eigenvalue weighted by molar-refractivity contribution is 7.22. The largest absolute Gasteiger partial charge is 0.378 e. The van der Waals surface area contributed by atoms with Crippen LogP contribution in [-0.2, 0) is 4.74 Å².